The van der Waals surface area contributed by atoms with E-state index in [0.29, 0.717) is 5.92 Å². The first-order valence-electron chi connectivity index (χ1n) is 6.20. The zero-order valence-corrected chi connectivity index (χ0v) is 10.2. The Morgan fingerprint density at radius 3 is 2.53 bits per heavy atom. The van der Waals surface area contributed by atoms with E-state index in [4.69, 9.17) is 4.74 Å². The lowest BCUT2D eigenvalue weighted by Gasteiger charge is -2.22. The first-order chi connectivity index (χ1) is 8.25. The van der Waals surface area contributed by atoms with Crippen LogP contribution in [0.4, 0.5) is 0 Å². The normalized spacial score (nSPS) is 16.8. The predicted octanol–water partition coefficient (Wildman–Crippen LogP) is 2.27. The lowest BCUT2D eigenvalue weighted by atomic mass is 9.99. The van der Waals surface area contributed by atoms with Gasteiger partial charge in [0.25, 0.3) is 0 Å². The molecule has 0 saturated carbocycles. The zero-order chi connectivity index (χ0) is 12.1. The molecule has 1 aromatic carbocycles. The average molecular weight is 233 g/mol. The third kappa shape index (κ3) is 3.56. The summed E-state index contributed by atoms with van der Waals surface area (Å²) in [4.78, 5) is 11.1. The lowest BCUT2D eigenvalue weighted by Crippen LogP contribution is -2.30. The molecule has 3 nitrogen and oxygen atoms in total. The fraction of sp³-hybridized carbons (Fsp3) is 0.500. The molecule has 0 spiro atoms. The lowest BCUT2D eigenvalue weighted by molar-refractivity contribution is 0.101. The van der Waals surface area contributed by atoms with Gasteiger partial charge in [0.2, 0.25) is 0 Å². The number of ketones is 1. The Bertz CT molecular complexity index is 366. The van der Waals surface area contributed by atoms with Gasteiger partial charge >= 0.3 is 0 Å². The fourth-order valence-electron chi connectivity index (χ4n) is 2.05. The molecule has 1 aliphatic heterocycles. The maximum Gasteiger partial charge on any atom is 0.159 e. The van der Waals surface area contributed by atoms with Crippen molar-refractivity contribution >= 4 is 5.78 Å². The van der Waals surface area contributed by atoms with E-state index in [2.05, 4.69) is 5.32 Å². The molecule has 1 saturated heterocycles. The van der Waals surface area contributed by atoms with Gasteiger partial charge in [0.05, 0.1) is 6.61 Å². The van der Waals surface area contributed by atoms with Crippen LogP contribution in [0, 0.1) is 5.92 Å². The minimum Gasteiger partial charge on any atom is -0.493 e. The highest BCUT2D eigenvalue weighted by Gasteiger charge is 2.13. The minimum atomic E-state index is 0.0925. The van der Waals surface area contributed by atoms with Crippen molar-refractivity contribution in [3.8, 4) is 5.75 Å². The van der Waals surface area contributed by atoms with Crippen molar-refractivity contribution in [2.24, 2.45) is 5.92 Å². The van der Waals surface area contributed by atoms with Crippen LogP contribution in [0.3, 0.4) is 0 Å². The number of piperidine rings is 1. The Labute approximate surface area is 102 Å². The number of nitrogens with one attached hydrogen (secondary N) is 1. The molecular formula is C14H19NO2. The predicted molar refractivity (Wildman–Crippen MR) is 67.5 cm³/mol. The third-order valence-electron chi connectivity index (χ3n) is 3.21. The number of benzene rings is 1. The maximum atomic E-state index is 11.1. The molecule has 1 aliphatic rings. The maximum absolute atomic E-state index is 11.1. The second-order valence-corrected chi connectivity index (χ2v) is 4.58. The van der Waals surface area contributed by atoms with Crippen molar-refractivity contribution in [1.29, 1.82) is 0 Å². The number of Topliss-reactive ketones (excluding diaryl/α,β-unsaturated/α-hetero) is 1. The van der Waals surface area contributed by atoms with E-state index in [1.54, 1.807) is 6.92 Å². The summed E-state index contributed by atoms with van der Waals surface area (Å²) in [5, 5.41) is 3.34. The van der Waals surface area contributed by atoms with Crippen LogP contribution >= 0.6 is 0 Å². The summed E-state index contributed by atoms with van der Waals surface area (Å²) < 4.78 is 5.74. The molecule has 2 rings (SSSR count). The van der Waals surface area contributed by atoms with Crippen LogP contribution in [0.15, 0.2) is 24.3 Å². The molecule has 1 heterocycles. The van der Waals surface area contributed by atoms with E-state index in [9.17, 15) is 4.79 Å². The SMILES string of the molecule is CC(=O)c1ccc(OCC2CCNCC2)cc1. The summed E-state index contributed by atoms with van der Waals surface area (Å²) >= 11 is 0. The zero-order valence-electron chi connectivity index (χ0n) is 10.2. The van der Waals surface area contributed by atoms with Crippen LogP contribution in [0.2, 0.25) is 0 Å². The van der Waals surface area contributed by atoms with Gasteiger partial charge in [-0.1, -0.05) is 0 Å². The van der Waals surface area contributed by atoms with Gasteiger partial charge in [-0.3, -0.25) is 4.79 Å². The highest BCUT2D eigenvalue weighted by Crippen LogP contribution is 2.17. The van der Waals surface area contributed by atoms with Gasteiger partial charge in [-0.25, -0.2) is 0 Å². The first kappa shape index (κ1) is 12.1. The Kier molecular flexibility index (Phi) is 4.15. The molecule has 0 bridgehead atoms. The van der Waals surface area contributed by atoms with Crippen LogP contribution in [-0.2, 0) is 0 Å². The van der Waals surface area contributed by atoms with E-state index in [1.165, 1.54) is 12.8 Å². The summed E-state index contributed by atoms with van der Waals surface area (Å²) in [6.45, 7) is 4.54. The Morgan fingerprint density at radius 2 is 1.94 bits per heavy atom. The second-order valence-electron chi connectivity index (χ2n) is 4.58. The number of hydrogen-bond acceptors (Lipinski definition) is 3. The molecule has 0 unspecified atom stereocenters. The molecule has 0 radical (unpaired) electrons. The molecule has 17 heavy (non-hydrogen) atoms. The average Bonchev–Trinajstić information content (AvgIpc) is 2.38. The Morgan fingerprint density at radius 1 is 1.29 bits per heavy atom. The summed E-state index contributed by atoms with van der Waals surface area (Å²) in [6.07, 6.45) is 2.37. The minimum absolute atomic E-state index is 0.0925. The molecule has 92 valence electrons. The van der Waals surface area contributed by atoms with E-state index >= 15 is 0 Å². The van der Waals surface area contributed by atoms with Crippen molar-refractivity contribution in [2.75, 3.05) is 19.7 Å². The largest absolute Gasteiger partial charge is 0.493 e. The summed E-state index contributed by atoms with van der Waals surface area (Å²) in [5.74, 6) is 1.60. The summed E-state index contributed by atoms with van der Waals surface area (Å²) in [7, 11) is 0. The second kappa shape index (κ2) is 5.82. The van der Waals surface area contributed by atoms with Crippen LogP contribution < -0.4 is 10.1 Å². The van der Waals surface area contributed by atoms with Gasteiger partial charge in [-0.05, 0) is 63.0 Å². The Hall–Kier alpha value is -1.35. The highest BCUT2D eigenvalue weighted by molar-refractivity contribution is 5.94. The summed E-state index contributed by atoms with van der Waals surface area (Å²) in [5.41, 5.74) is 0.735. The quantitative estimate of drug-likeness (QED) is 0.811. The molecule has 0 aromatic heterocycles. The fourth-order valence-corrected chi connectivity index (χ4v) is 2.05. The molecule has 0 aliphatic carbocycles. The third-order valence-corrected chi connectivity index (χ3v) is 3.21. The number of rotatable bonds is 4. The molecule has 0 amide bonds. The van der Waals surface area contributed by atoms with Crippen molar-refractivity contribution in [1.82, 2.24) is 5.32 Å². The van der Waals surface area contributed by atoms with E-state index in [0.717, 1.165) is 31.0 Å². The monoisotopic (exact) mass is 233 g/mol. The van der Waals surface area contributed by atoms with Gasteiger partial charge in [0.1, 0.15) is 5.75 Å². The van der Waals surface area contributed by atoms with Gasteiger partial charge < -0.3 is 10.1 Å². The number of hydrogen-bond donors (Lipinski definition) is 1. The van der Waals surface area contributed by atoms with Crippen molar-refractivity contribution in [3.05, 3.63) is 29.8 Å². The smallest absolute Gasteiger partial charge is 0.159 e. The van der Waals surface area contributed by atoms with E-state index in [1.807, 2.05) is 24.3 Å². The standard InChI is InChI=1S/C14H19NO2/c1-11(16)13-2-4-14(5-3-13)17-10-12-6-8-15-9-7-12/h2-5,12,15H,6-10H2,1H3. The number of carbonyl (C=O) groups excluding carboxylic acids is 1. The van der Waals surface area contributed by atoms with Gasteiger partial charge in [0, 0.05) is 5.56 Å². The molecule has 1 N–H and O–H groups in total. The number of ether oxygens (including phenoxy) is 1. The van der Waals surface area contributed by atoms with Crippen molar-refractivity contribution in [3.63, 3.8) is 0 Å². The Balaban J connectivity index is 1.84. The molecule has 1 fully saturated rings. The van der Waals surface area contributed by atoms with E-state index < -0.39 is 0 Å². The molecule has 1 aromatic rings. The molecular weight excluding hydrogens is 214 g/mol. The summed E-state index contributed by atoms with van der Waals surface area (Å²) in [6, 6.07) is 7.38. The van der Waals surface area contributed by atoms with Crippen LogP contribution in [-0.4, -0.2) is 25.5 Å². The molecule has 0 atom stereocenters. The highest BCUT2D eigenvalue weighted by atomic mass is 16.5. The molecule has 3 heteroatoms. The van der Waals surface area contributed by atoms with Crippen molar-refractivity contribution < 1.29 is 9.53 Å². The first-order valence-corrected chi connectivity index (χ1v) is 6.20. The van der Waals surface area contributed by atoms with Gasteiger partial charge in [-0.15, -0.1) is 0 Å². The van der Waals surface area contributed by atoms with Crippen LogP contribution in [0.5, 0.6) is 5.75 Å². The van der Waals surface area contributed by atoms with Crippen molar-refractivity contribution in [2.45, 2.75) is 19.8 Å². The van der Waals surface area contributed by atoms with Crippen LogP contribution in [0.1, 0.15) is 30.1 Å². The van der Waals surface area contributed by atoms with Gasteiger partial charge in [-0.2, -0.15) is 0 Å². The van der Waals surface area contributed by atoms with Gasteiger partial charge in [0.15, 0.2) is 5.78 Å². The number of carbonyl (C=O) groups is 1. The van der Waals surface area contributed by atoms with Crippen LogP contribution in [0.25, 0.3) is 0 Å². The topological polar surface area (TPSA) is 38.3 Å². The van der Waals surface area contributed by atoms with E-state index in [-0.39, 0.29) is 5.78 Å².